The Hall–Kier alpha value is -2.45. The van der Waals surface area contributed by atoms with Crippen LogP contribution in [0, 0.1) is 0 Å². The van der Waals surface area contributed by atoms with Crippen LogP contribution >= 0.6 is 11.6 Å². The fraction of sp³-hybridized carbons (Fsp3) is 0.188. The first-order valence-electron chi connectivity index (χ1n) is 7.30. The van der Waals surface area contributed by atoms with E-state index in [-0.39, 0.29) is 0 Å². The van der Waals surface area contributed by atoms with Crippen molar-refractivity contribution in [3.05, 3.63) is 76.6 Å². The number of pyridine rings is 1. The third-order valence-corrected chi connectivity index (χ3v) is 3.78. The largest absolute Gasteiger partial charge is 0.416 e. The molecule has 130 valence electrons. The Bertz CT molecular complexity index is 819. The van der Waals surface area contributed by atoms with Gasteiger partial charge in [0.15, 0.2) is 0 Å². The lowest BCUT2D eigenvalue weighted by molar-refractivity contribution is -0.137. The summed E-state index contributed by atoms with van der Waals surface area (Å²) >= 11 is 5.75. The molecule has 2 heterocycles. The third kappa shape index (κ3) is 4.34. The van der Waals surface area contributed by atoms with Gasteiger partial charge in [-0.05, 0) is 29.3 Å². The van der Waals surface area contributed by atoms with Crippen LogP contribution in [0.1, 0.15) is 28.6 Å². The number of rotatable bonds is 5. The Morgan fingerprint density at radius 2 is 2.00 bits per heavy atom. The van der Waals surface area contributed by atoms with Crippen molar-refractivity contribution >= 4 is 11.6 Å². The fourth-order valence-electron chi connectivity index (χ4n) is 2.35. The van der Waals surface area contributed by atoms with Crippen LogP contribution in [-0.2, 0) is 12.7 Å². The van der Waals surface area contributed by atoms with Gasteiger partial charge in [0, 0.05) is 12.7 Å². The number of hydrogen-bond donors (Lipinski definition) is 2. The maximum atomic E-state index is 13.0. The van der Waals surface area contributed by atoms with E-state index >= 15 is 0 Å². The molecule has 9 heteroatoms. The minimum Gasteiger partial charge on any atom is -0.299 e. The quantitative estimate of drug-likeness (QED) is 0.674. The summed E-state index contributed by atoms with van der Waals surface area (Å²) in [7, 11) is 0. The van der Waals surface area contributed by atoms with E-state index in [1.165, 1.54) is 12.4 Å². The topological polar surface area (TPSA) is 66.5 Å². The number of aromatic amines is 1. The Balaban J connectivity index is 1.87. The van der Waals surface area contributed by atoms with E-state index in [1.54, 1.807) is 24.4 Å². The molecule has 2 N–H and O–H groups in total. The van der Waals surface area contributed by atoms with Gasteiger partial charge in [-0.25, -0.2) is 9.97 Å². The third-order valence-electron chi connectivity index (χ3n) is 3.55. The molecule has 1 aromatic carbocycles. The van der Waals surface area contributed by atoms with Gasteiger partial charge in [-0.2, -0.15) is 18.3 Å². The number of hydrogen-bond acceptors (Lipinski definition) is 4. The van der Waals surface area contributed by atoms with Crippen molar-refractivity contribution in [3.63, 3.8) is 0 Å². The van der Waals surface area contributed by atoms with Crippen LogP contribution in [-0.4, -0.2) is 20.2 Å². The number of aromatic nitrogens is 4. The molecule has 0 saturated carbocycles. The summed E-state index contributed by atoms with van der Waals surface area (Å²) in [6, 6.07) is 7.95. The molecule has 0 spiro atoms. The highest BCUT2D eigenvalue weighted by molar-refractivity contribution is 6.29. The number of H-pyrrole nitrogens is 1. The minimum absolute atomic E-state index is 0.367. The average molecular weight is 368 g/mol. The Morgan fingerprint density at radius 1 is 1.16 bits per heavy atom. The molecule has 3 aromatic rings. The lowest BCUT2D eigenvalue weighted by Gasteiger charge is -2.18. The van der Waals surface area contributed by atoms with E-state index < -0.39 is 17.8 Å². The lowest BCUT2D eigenvalue weighted by Crippen LogP contribution is -2.23. The smallest absolute Gasteiger partial charge is 0.299 e. The van der Waals surface area contributed by atoms with Crippen LogP contribution in [0.5, 0.6) is 0 Å². The fourth-order valence-corrected chi connectivity index (χ4v) is 2.46. The number of benzene rings is 1. The molecule has 25 heavy (non-hydrogen) atoms. The second-order valence-electron chi connectivity index (χ2n) is 5.30. The molecular formula is C16H13ClF3N5. The van der Waals surface area contributed by atoms with Crippen LogP contribution in [0.4, 0.5) is 13.2 Å². The van der Waals surface area contributed by atoms with Crippen molar-refractivity contribution in [2.75, 3.05) is 0 Å². The SMILES string of the molecule is FC(F)(F)c1cccc(C(NCc2ccc(Cl)nc2)c2ncn[nH]2)c1. The van der Waals surface area contributed by atoms with E-state index in [4.69, 9.17) is 11.6 Å². The predicted octanol–water partition coefficient (Wildman–Crippen LogP) is 3.75. The molecule has 1 unspecified atom stereocenters. The molecule has 0 aliphatic rings. The molecule has 0 fully saturated rings. The summed E-state index contributed by atoms with van der Waals surface area (Å²) in [6.07, 6.45) is -1.51. The monoisotopic (exact) mass is 367 g/mol. The minimum atomic E-state index is -4.41. The molecule has 5 nitrogen and oxygen atoms in total. The summed E-state index contributed by atoms with van der Waals surface area (Å²) in [5, 5.41) is 10.0. The van der Waals surface area contributed by atoms with E-state index in [1.807, 2.05) is 0 Å². The van der Waals surface area contributed by atoms with Gasteiger partial charge in [-0.15, -0.1) is 0 Å². The molecule has 0 aliphatic carbocycles. The second kappa shape index (κ2) is 7.20. The number of nitrogens with zero attached hydrogens (tertiary/aromatic N) is 3. The van der Waals surface area contributed by atoms with Crippen molar-refractivity contribution in [2.45, 2.75) is 18.8 Å². The Labute approximate surface area is 146 Å². The van der Waals surface area contributed by atoms with Crippen molar-refractivity contribution in [1.82, 2.24) is 25.5 Å². The Morgan fingerprint density at radius 3 is 2.64 bits per heavy atom. The lowest BCUT2D eigenvalue weighted by atomic mass is 10.0. The zero-order chi connectivity index (χ0) is 17.9. The average Bonchev–Trinajstić information content (AvgIpc) is 3.11. The summed E-state index contributed by atoms with van der Waals surface area (Å²) < 4.78 is 39.0. The van der Waals surface area contributed by atoms with E-state index in [0.29, 0.717) is 23.1 Å². The van der Waals surface area contributed by atoms with Gasteiger partial charge in [-0.1, -0.05) is 29.8 Å². The van der Waals surface area contributed by atoms with Gasteiger partial charge in [-0.3, -0.25) is 10.4 Å². The molecule has 0 bridgehead atoms. The molecule has 0 amide bonds. The van der Waals surface area contributed by atoms with Gasteiger partial charge in [0.05, 0.1) is 11.6 Å². The van der Waals surface area contributed by atoms with Gasteiger partial charge < -0.3 is 0 Å². The normalized spacial score (nSPS) is 13.0. The molecule has 0 radical (unpaired) electrons. The second-order valence-corrected chi connectivity index (χ2v) is 5.68. The number of alkyl halides is 3. The molecule has 0 saturated heterocycles. The maximum Gasteiger partial charge on any atom is 0.416 e. The highest BCUT2D eigenvalue weighted by Crippen LogP contribution is 2.31. The number of nitrogens with one attached hydrogen (secondary N) is 2. The van der Waals surface area contributed by atoms with Crippen molar-refractivity contribution < 1.29 is 13.2 Å². The number of halogens is 4. The van der Waals surface area contributed by atoms with Crippen molar-refractivity contribution in [1.29, 1.82) is 0 Å². The molecule has 1 atom stereocenters. The van der Waals surface area contributed by atoms with Gasteiger partial charge in [0.2, 0.25) is 0 Å². The standard InChI is InChI=1S/C16H13ClF3N5/c17-13-5-4-10(7-21-13)8-22-14(15-23-9-24-25-15)11-2-1-3-12(6-11)16(18,19)20/h1-7,9,14,22H,8H2,(H,23,24,25). The van der Waals surface area contributed by atoms with E-state index in [9.17, 15) is 13.2 Å². The van der Waals surface area contributed by atoms with Crippen LogP contribution in [0.25, 0.3) is 0 Å². The van der Waals surface area contributed by atoms with E-state index in [2.05, 4.69) is 25.5 Å². The highest BCUT2D eigenvalue weighted by atomic mass is 35.5. The highest BCUT2D eigenvalue weighted by Gasteiger charge is 2.31. The van der Waals surface area contributed by atoms with Crippen LogP contribution < -0.4 is 5.32 Å². The molecule has 2 aromatic heterocycles. The first-order chi connectivity index (χ1) is 11.9. The molecule has 0 aliphatic heterocycles. The first-order valence-corrected chi connectivity index (χ1v) is 7.67. The van der Waals surface area contributed by atoms with Gasteiger partial charge in [0.1, 0.15) is 17.3 Å². The summed E-state index contributed by atoms with van der Waals surface area (Å²) in [4.78, 5) is 8.04. The Kier molecular flexibility index (Phi) is 5.00. The maximum absolute atomic E-state index is 13.0. The van der Waals surface area contributed by atoms with Crippen molar-refractivity contribution in [3.8, 4) is 0 Å². The zero-order valence-electron chi connectivity index (χ0n) is 12.8. The van der Waals surface area contributed by atoms with Gasteiger partial charge >= 0.3 is 6.18 Å². The van der Waals surface area contributed by atoms with Crippen LogP contribution in [0.2, 0.25) is 5.15 Å². The van der Waals surface area contributed by atoms with E-state index in [0.717, 1.165) is 17.7 Å². The zero-order valence-corrected chi connectivity index (χ0v) is 13.5. The van der Waals surface area contributed by atoms with Crippen molar-refractivity contribution in [2.24, 2.45) is 0 Å². The van der Waals surface area contributed by atoms with Crippen LogP contribution in [0.3, 0.4) is 0 Å². The predicted molar refractivity (Wildman–Crippen MR) is 85.8 cm³/mol. The van der Waals surface area contributed by atoms with Gasteiger partial charge in [0.25, 0.3) is 0 Å². The first kappa shape index (κ1) is 17.4. The molecular weight excluding hydrogens is 355 g/mol. The summed E-state index contributed by atoms with van der Waals surface area (Å²) in [5.41, 5.74) is 0.541. The summed E-state index contributed by atoms with van der Waals surface area (Å²) in [6.45, 7) is 0.367. The molecule has 3 rings (SSSR count). The van der Waals surface area contributed by atoms with Crippen LogP contribution in [0.15, 0.2) is 48.9 Å². The summed E-state index contributed by atoms with van der Waals surface area (Å²) in [5.74, 6) is 0.418.